The Morgan fingerprint density at radius 3 is 2.50 bits per heavy atom. The van der Waals surface area contributed by atoms with E-state index in [9.17, 15) is 8.42 Å². The van der Waals surface area contributed by atoms with Gasteiger partial charge in [-0.25, -0.2) is 8.42 Å². The van der Waals surface area contributed by atoms with E-state index in [1.54, 1.807) is 6.92 Å². The van der Waals surface area contributed by atoms with Crippen LogP contribution in [0.1, 0.15) is 40.5 Å². The van der Waals surface area contributed by atoms with E-state index in [1.165, 1.54) is 12.8 Å². The Hall–Kier alpha value is -0.130. The third-order valence-electron chi connectivity index (χ3n) is 5.09. The molecule has 1 aliphatic heterocycles. The van der Waals surface area contributed by atoms with Crippen molar-refractivity contribution in [3.05, 3.63) is 0 Å². The van der Waals surface area contributed by atoms with E-state index < -0.39 is 9.84 Å². The highest BCUT2D eigenvalue weighted by Gasteiger charge is 2.46. The van der Waals surface area contributed by atoms with Crippen LogP contribution in [0.15, 0.2) is 0 Å². The summed E-state index contributed by atoms with van der Waals surface area (Å²) in [6.07, 6.45) is 2.63. The summed E-state index contributed by atoms with van der Waals surface area (Å²) in [7, 11) is -2.87. The molecule has 5 heteroatoms. The summed E-state index contributed by atoms with van der Waals surface area (Å²) < 4.78 is 23.6. The number of piperazine rings is 1. The zero-order valence-electron chi connectivity index (χ0n) is 13.4. The van der Waals surface area contributed by atoms with Gasteiger partial charge >= 0.3 is 0 Å². The van der Waals surface area contributed by atoms with E-state index in [4.69, 9.17) is 0 Å². The molecule has 118 valence electrons. The van der Waals surface area contributed by atoms with Crippen LogP contribution in [0.25, 0.3) is 0 Å². The summed E-state index contributed by atoms with van der Waals surface area (Å²) >= 11 is 0. The van der Waals surface area contributed by atoms with Crippen molar-refractivity contribution in [1.82, 2.24) is 10.2 Å². The standard InChI is InChI=1S/C15H30N2O2S/c1-5-20(18,19)9-8-17-11-15(4,13-6-7-13)16-10-14(17)12(2)3/h12-14,16H,5-11H2,1-4H3. The molecule has 0 aromatic carbocycles. The molecule has 1 saturated carbocycles. The van der Waals surface area contributed by atoms with Crippen LogP contribution in [0, 0.1) is 11.8 Å². The molecule has 2 aliphatic rings. The summed E-state index contributed by atoms with van der Waals surface area (Å²) in [5.74, 6) is 1.88. The van der Waals surface area contributed by atoms with Crippen LogP contribution in [0.5, 0.6) is 0 Å². The second-order valence-corrected chi connectivity index (χ2v) is 9.56. The summed E-state index contributed by atoms with van der Waals surface area (Å²) in [5, 5.41) is 3.74. The fourth-order valence-corrected chi connectivity index (χ4v) is 4.16. The Bertz CT molecular complexity index is 431. The first-order chi connectivity index (χ1) is 9.27. The minimum atomic E-state index is -2.87. The average Bonchev–Trinajstić information content (AvgIpc) is 3.21. The molecule has 0 radical (unpaired) electrons. The third kappa shape index (κ3) is 3.74. The first-order valence-corrected chi connectivity index (χ1v) is 9.79. The van der Waals surface area contributed by atoms with Gasteiger partial charge in [-0.1, -0.05) is 20.8 Å². The molecular formula is C15H30N2O2S. The quantitative estimate of drug-likeness (QED) is 0.808. The van der Waals surface area contributed by atoms with Crippen LogP contribution in [0.3, 0.4) is 0 Å². The van der Waals surface area contributed by atoms with Crippen LogP contribution >= 0.6 is 0 Å². The number of hydrogen-bond donors (Lipinski definition) is 1. The van der Waals surface area contributed by atoms with E-state index in [0.29, 0.717) is 24.3 Å². The Labute approximate surface area is 124 Å². The lowest BCUT2D eigenvalue weighted by Crippen LogP contribution is -2.65. The Morgan fingerprint density at radius 2 is 2.00 bits per heavy atom. The minimum Gasteiger partial charge on any atom is -0.308 e. The van der Waals surface area contributed by atoms with Gasteiger partial charge in [0, 0.05) is 37.0 Å². The molecular weight excluding hydrogens is 272 g/mol. The predicted molar refractivity (Wildman–Crippen MR) is 83.7 cm³/mol. The SMILES string of the molecule is CCS(=O)(=O)CCN1CC(C)(C2CC2)NCC1C(C)C. The van der Waals surface area contributed by atoms with Gasteiger partial charge in [-0.3, -0.25) is 4.90 Å². The predicted octanol–water partition coefficient (Wildman–Crippen LogP) is 1.52. The molecule has 0 spiro atoms. The fraction of sp³-hybridized carbons (Fsp3) is 1.00. The largest absolute Gasteiger partial charge is 0.308 e. The number of hydrogen-bond acceptors (Lipinski definition) is 4. The lowest BCUT2D eigenvalue weighted by Gasteiger charge is -2.48. The Balaban J connectivity index is 2.03. The van der Waals surface area contributed by atoms with Gasteiger partial charge in [0.1, 0.15) is 0 Å². The molecule has 2 rings (SSSR count). The molecule has 2 fully saturated rings. The monoisotopic (exact) mass is 302 g/mol. The van der Waals surface area contributed by atoms with Crippen LogP contribution < -0.4 is 5.32 Å². The van der Waals surface area contributed by atoms with Crippen molar-refractivity contribution >= 4 is 9.84 Å². The smallest absolute Gasteiger partial charge is 0.151 e. The van der Waals surface area contributed by atoms with Crippen LogP contribution in [-0.2, 0) is 9.84 Å². The number of nitrogens with one attached hydrogen (secondary N) is 1. The first kappa shape index (κ1) is 16.2. The second kappa shape index (κ2) is 5.93. The minimum absolute atomic E-state index is 0.182. The maximum absolute atomic E-state index is 11.8. The van der Waals surface area contributed by atoms with Gasteiger partial charge in [0.2, 0.25) is 0 Å². The van der Waals surface area contributed by atoms with E-state index in [1.807, 2.05) is 0 Å². The average molecular weight is 302 g/mol. The van der Waals surface area contributed by atoms with Crippen LogP contribution in [0.4, 0.5) is 0 Å². The maximum Gasteiger partial charge on any atom is 0.151 e. The van der Waals surface area contributed by atoms with Gasteiger partial charge in [-0.05, 0) is 31.6 Å². The number of sulfone groups is 1. The highest BCUT2D eigenvalue weighted by atomic mass is 32.2. The molecule has 2 atom stereocenters. The normalized spacial score (nSPS) is 32.8. The topological polar surface area (TPSA) is 49.4 Å². The molecule has 20 heavy (non-hydrogen) atoms. The van der Waals surface area contributed by atoms with Crippen molar-refractivity contribution in [2.45, 2.75) is 52.1 Å². The zero-order chi connectivity index (χ0) is 15.0. The highest BCUT2D eigenvalue weighted by Crippen LogP contribution is 2.41. The first-order valence-electron chi connectivity index (χ1n) is 7.97. The van der Waals surface area contributed by atoms with E-state index in [0.717, 1.165) is 19.0 Å². The lowest BCUT2D eigenvalue weighted by molar-refractivity contribution is 0.0576. The molecule has 0 aromatic heterocycles. The summed E-state index contributed by atoms with van der Waals surface area (Å²) in [6, 6.07) is 0.453. The second-order valence-electron chi connectivity index (χ2n) is 7.09. The van der Waals surface area contributed by atoms with Gasteiger partial charge in [0.15, 0.2) is 9.84 Å². The van der Waals surface area contributed by atoms with Gasteiger partial charge in [-0.2, -0.15) is 0 Å². The fourth-order valence-electron chi connectivity index (χ4n) is 3.36. The van der Waals surface area contributed by atoms with Gasteiger partial charge in [-0.15, -0.1) is 0 Å². The molecule has 1 saturated heterocycles. The molecule has 2 unspecified atom stereocenters. The van der Waals surface area contributed by atoms with Gasteiger partial charge in [0.05, 0.1) is 5.75 Å². The molecule has 4 nitrogen and oxygen atoms in total. The van der Waals surface area contributed by atoms with Crippen molar-refractivity contribution in [2.75, 3.05) is 31.1 Å². The Morgan fingerprint density at radius 1 is 1.35 bits per heavy atom. The van der Waals surface area contributed by atoms with Crippen molar-refractivity contribution < 1.29 is 8.42 Å². The zero-order valence-corrected chi connectivity index (χ0v) is 14.2. The molecule has 1 heterocycles. The summed E-state index contributed by atoms with van der Waals surface area (Å²) in [4.78, 5) is 2.42. The number of nitrogens with zero attached hydrogens (tertiary/aromatic N) is 1. The van der Waals surface area contributed by atoms with Gasteiger partial charge < -0.3 is 5.32 Å². The maximum atomic E-state index is 11.8. The molecule has 0 aromatic rings. The van der Waals surface area contributed by atoms with Crippen molar-refractivity contribution in [3.8, 4) is 0 Å². The lowest BCUT2D eigenvalue weighted by atomic mass is 9.88. The van der Waals surface area contributed by atoms with E-state index >= 15 is 0 Å². The highest BCUT2D eigenvalue weighted by molar-refractivity contribution is 7.91. The van der Waals surface area contributed by atoms with Crippen LogP contribution in [0.2, 0.25) is 0 Å². The summed E-state index contributed by atoms with van der Waals surface area (Å²) in [5.41, 5.74) is 0.182. The molecule has 0 amide bonds. The molecule has 0 bridgehead atoms. The van der Waals surface area contributed by atoms with Crippen molar-refractivity contribution in [3.63, 3.8) is 0 Å². The van der Waals surface area contributed by atoms with E-state index in [2.05, 4.69) is 31.0 Å². The van der Waals surface area contributed by atoms with Crippen molar-refractivity contribution in [1.29, 1.82) is 0 Å². The molecule has 1 N–H and O–H groups in total. The van der Waals surface area contributed by atoms with Gasteiger partial charge in [0.25, 0.3) is 0 Å². The third-order valence-corrected chi connectivity index (χ3v) is 6.78. The van der Waals surface area contributed by atoms with E-state index in [-0.39, 0.29) is 11.3 Å². The van der Waals surface area contributed by atoms with Crippen molar-refractivity contribution in [2.24, 2.45) is 11.8 Å². The summed E-state index contributed by atoms with van der Waals surface area (Å²) in [6.45, 7) is 11.2. The number of rotatable bonds is 6. The Kier molecular flexibility index (Phi) is 4.82. The van der Waals surface area contributed by atoms with Crippen LogP contribution in [-0.4, -0.2) is 56.0 Å². The molecule has 1 aliphatic carbocycles.